The van der Waals surface area contributed by atoms with E-state index in [1.54, 1.807) is 30.3 Å². The molecule has 2 rings (SSSR count). The molecule has 0 unspecified atom stereocenters. The Balaban J connectivity index is 0.00000144. The van der Waals surface area contributed by atoms with Crippen LogP contribution in [0.5, 0.6) is 17.5 Å². The Hall–Kier alpha value is -1.28. The molecule has 0 fully saturated rings. The van der Waals surface area contributed by atoms with Crippen LogP contribution in [-0.2, 0) is 24.7 Å². The zero-order chi connectivity index (χ0) is 11.2. The maximum Gasteiger partial charge on any atom is 0.397 e. The van der Waals surface area contributed by atoms with E-state index >= 15 is 0 Å². The van der Waals surface area contributed by atoms with Crippen LogP contribution in [0.3, 0.4) is 0 Å². The summed E-state index contributed by atoms with van der Waals surface area (Å²) in [5.74, 6) is 1.17. The summed E-state index contributed by atoms with van der Waals surface area (Å²) in [6.07, 6.45) is 0. The Morgan fingerprint density at radius 3 is 2.65 bits per heavy atom. The molecule has 2 aromatic rings. The molecule has 1 aromatic carbocycles. The fraction of sp³-hybridized carbons (Fsp3) is 0. The molecule has 6 heteroatoms. The quantitative estimate of drug-likeness (QED) is 0.559. The minimum atomic E-state index is -0.441. The molecule has 0 aliphatic carbocycles. The molecule has 0 amide bonds. The molecule has 0 aliphatic rings. The Morgan fingerprint density at radius 2 is 1.94 bits per heavy atom. The van der Waals surface area contributed by atoms with Gasteiger partial charge in [0, 0.05) is 38.0 Å². The van der Waals surface area contributed by atoms with Crippen LogP contribution in [0.4, 0.5) is 0 Å². The third kappa shape index (κ3) is 4.23. The molecule has 0 atom stereocenters. The standard InChI is InChI=1S/C11H7NO3P.Ir/c13-16-15-11-8-4-7-10(12-11)14-9-5-2-1-3-6-9;/h1-5,7-8H;/q-1;. The number of nitrogens with zero attached hydrogens (tertiary/aromatic N) is 1. The van der Waals surface area contributed by atoms with Gasteiger partial charge in [-0.2, -0.15) is 23.2 Å². The van der Waals surface area contributed by atoms with Gasteiger partial charge in [0.15, 0.2) is 0 Å². The minimum Gasteiger partial charge on any atom is -0.466 e. The van der Waals surface area contributed by atoms with E-state index in [4.69, 9.17) is 9.26 Å². The third-order valence-electron chi connectivity index (χ3n) is 1.72. The molecule has 1 aromatic heterocycles. The van der Waals surface area contributed by atoms with E-state index in [1.165, 1.54) is 0 Å². The molecule has 1 heterocycles. The fourth-order valence-electron chi connectivity index (χ4n) is 1.09. The second-order valence-electron chi connectivity index (χ2n) is 2.81. The summed E-state index contributed by atoms with van der Waals surface area (Å²) in [5.41, 5.74) is 0. The number of benzene rings is 1. The van der Waals surface area contributed by atoms with E-state index in [1.807, 2.05) is 12.1 Å². The van der Waals surface area contributed by atoms with Gasteiger partial charge in [-0.3, -0.25) is 0 Å². The average Bonchev–Trinajstić information content (AvgIpc) is 2.31. The summed E-state index contributed by atoms with van der Waals surface area (Å²) < 4.78 is 20.3. The first-order valence-electron chi connectivity index (χ1n) is 4.50. The summed E-state index contributed by atoms with van der Waals surface area (Å²) in [7, 11) is -0.441. The van der Waals surface area contributed by atoms with Crippen LogP contribution in [0.15, 0.2) is 42.5 Å². The van der Waals surface area contributed by atoms with Crippen LogP contribution in [0, 0.1) is 6.07 Å². The monoisotopic (exact) mass is 425 g/mol. The van der Waals surface area contributed by atoms with Crippen molar-refractivity contribution < 1.29 is 33.9 Å². The molecule has 0 saturated carbocycles. The van der Waals surface area contributed by atoms with Gasteiger partial charge in [-0.05, 0) is 0 Å². The molecule has 0 N–H and O–H groups in total. The topological polar surface area (TPSA) is 48.4 Å². The van der Waals surface area contributed by atoms with Crippen molar-refractivity contribution in [2.45, 2.75) is 0 Å². The van der Waals surface area contributed by atoms with E-state index in [9.17, 15) is 4.57 Å². The van der Waals surface area contributed by atoms with Crippen LogP contribution in [-0.4, -0.2) is 4.98 Å². The molecule has 1 radical (unpaired) electrons. The number of pyridine rings is 1. The van der Waals surface area contributed by atoms with E-state index < -0.39 is 8.69 Å². The van der Waals surface area contributed by atoms with Crippen molar-refractivity contribution in [3.63, 3.8) is 0 Å². The summed E-state index contributed by atoms with van der Waals surface area (Å²) in [4.78, 5) is 3.99. The zero-order valence-electron chi connectivity index (χ0n) is 8.49. The maximum atomic E-state index is 10.2. The largest absolute Gasteiger partial charge is 0.466 e. The van der Waals surface area contributed by atoms with Gasteiger partial charge in [0.25, 0.3) is 0 Å². The SMILES string of the molecule is O=POc1cccc(Oc2[c-]cccc2)n1.[Ir]. The molecule has 4 nitrogen and oxygen atoms in total. The van der Waals surface area contributed by atoms with Crippen molar-refractivity contribution in [3.05, 3.63) is 48.5 Å². The van der Waals surface area contributed by atoms with Gasteiger partial charge in [0.05, 0.1) is 0 Å². The van der Waals surface area contributed by atoms with Crippen molar-refractivity contribution in [1.29, 1.82) is 0 Å². The van der Waals surface area contributed by atoms with Crippen LogP contribution in [0.1, 0.15) is 0 Å². The third-order valence-corrected chi connectivity index (χ3v) is 1.99. The van der Waals surface area contributed by atoms with Gasteiger partial charge in [-0.15, -0.1) is 12.1 Å². The molecule has 0 bridgehead atoms. The van der Waals surface area contributed by atoms with Gasteiger partial charge in [0.2, 0.25) is 11.8 Å². The summed E-state index contributed by atoms with van der Waals surface area (Å²) in [5, 5.41) is 0. The maximum absolute atomic E-state index is 10.2. The first-order valence-corrected chi connectivity index (χ1v) is 5.23. The van der Waals surface area contributed by atoms with E-state index in [2.05, 4.69) is 11.1 Å². The van der Waals surface area contributed by atoms with Crippen molar-refractivity contribution in [3.8, 4) is 17.5 Å². The molecule has 89 valence electrons. The fourth-order valence-corrected chi connectivity index (χ4v) is 1.27. The zero-order valence-corrected chi connectivity index (χ0v) is 11.8. The van der Waals surface area contributed by atoms with Crippen LogP contribution in [0.2, 0.25) is 0 Å². The number of rotatable bonds is 4. The molecular formula is C11H7IrNO3P-. The summed E-state index contributed by atoms with van der Waals surface area (Å²) in [6, 6.07) is 15.1. The van der Waals surface area contributed by atoms with Crippen LogP contribution >= 0.6 is 8.69 Å². The summed E-state index contributed by atoms with van der Waals surface area (Å²) in [6.45, 7) is 0. The number of para-hydroxylation sites is 1. The van der Waals surface area contributed by atoms with Gasteiger partial charge < -0.3 is 9.26 Å². The Labute approximate surface area is 114 Å². The Bertz CT molecular complexity index is 481. The smallest absolute Gasteiger partial charge is 0.397 e. The van der Waals surface area contributed by atoms with Gasteiger partial charge in [-0.1, -0.05) is 6.07 Å². The van der Waals surface area contributed by atoms with Crippen molar-refractivity contribution >= 4 is 8.69 Å². The normalized spacial score (nSPS) is 9.41. The molecule has 17 heavy (non-hydrogen) atoms. The number of aromatic nitrogens is 1. The van der Waals surface area contributed by atoms with Gasteiger partial charge in [0.1, 0.15) is 0 Å². The average molecular weight is 424 g/mol. The van der Waals surface area contributed by atoms with E-state index in [0.29, 0.717) is 11.6 Å². The van der Waals surface area contributed by atoms with E-state index in [-0.39, 0.29) is 26.0 Å². The number of ether oxygens (including phenoxy) is 1. The Morgan fingerprint density at radius 1 is 1.12 bits per heavy atom. The number of hydrogen-bond acceptors (Lipinski definition) is 4. The molecule has 0 aliphatic heterocycles. The number of hydrogen-bond donors (Lipinski definition) is 0. The summed E-state index contributed by atoms with van der Waals surface area (Å²) >= 11 is 0. The predicted molar refractivity (Wildman–Crippen MR) is 57.8 cm³/mol. The molecular weight excluding hydrogens is 417 g/mol. The van der Waals surface area contributed by atoms with Crippen molar-refractivity contribution in [1.82, 2.24) is 4.98 Å². The molecule has 0 spiro atoms. The minimum absolute atomic E-state index is 0. The first-order chi connectivity index (χ1) is 7.88. The van der Waals surface area contributed by atoms with Crippen molar-refractivity contribution in [2.75, 3.05) is 0 Å². The van der Waals surface area contributed by atoms with Gasteiger partial charge >= 0.3 is 8.69 Å². The predicted octanol–water partition coefficient (Wildman–Crippen LogP) is 3.26. The Kier molecular flexibility index (Phi) is 5.78. The molecule has 0 saturated heterocycles. The second-order valence-corrected chi connectivity index (χ2v) is 3.14. The van der Waals surface area contributed by atoms with Crippen LogP contribution in [0.25, 0.3) is 0 Å². The van der Waals surface area contributed by atoms with E-state index in [0.717, 1.165) is 0 Å². The first kappa shape index (κ1) is 13.8. The van der Waals surface area contributed by atoms with Crippen LogP contribution < -0.4 is 9.26 Å². The van der Waals surface area contributed by atoms with Gasteiger partial charge in [-0.25, -0.2) is 4.57 Å². The van der Waals surface area contributed by atoms with Crippen molar-refractivity contribution in [2.24, 2.45) is 0 Å². The second kappa shape index (κ2) is 7.12.